The SMILES string of the molecule is CS(=O)(=O)N[C@H]1CCCN(C(=O)[C@@H]2C[C@H]2c2ccc(Cl)cc2-c2ccccc2)C1. The van der Waals surface area contributed by atoms with E-state index in [0.29, 0.717) is 18.1 Å². The highest BCUT2D eigenvalue weighted by molar-refractivity contribution is 7.88. The summed E-state index contributed by atoms with van der Waals surface area (Å²) < 4.78 is 25.7. The van der Waals surface area contributed by atoms with Crippen molar-refractivity contribution < 1.29 is 13.2 Å². The van der Waals surface area contributed by atoms with Crippen LogP contribution in [0, 0.1) is 5.92 Å². The molecule has 0 radical (unpaired) electrons. The number of halogens is 1. The van der Waals surface area contributed by atoms with Crippen molar-refractivity contribution in [3.05, 3.63) is 59.1 Å². The number of nitrogens with one attached hydrogen (secondary N) is 1. The maximum atomic E-state index is 13.1. The van der Waals surface area contributed by atoms with E-state index < -0.39 is 10.0 Å². The Balaban J connectivity index is 1.50. The van der Waals surface area contributed by atoms with Crippen LogP contribution in [0.5, 0.6) is 0 Å². The van der Waals surface area contributed by atoms with Crippen LogP contribution >= 0.6 is 11.6 Å². The lowest BCUT2D eigenvalue weighted by Crippen LogP contribution is -2.49. The summed E-state index contributed by atoms with van der Waals surface area (Å²) in [6.07, 6.45) is 3.56. The van der Waals surface area contributed by atoms with Gasteiger partial charge in [-0.1, -0.05) is 48.0 Å². The third-order valence-electron chi connectivity index (χ3n) is 5.72. The minimum absolute atomic E-state index is 0.0457. The summed E-state index contributed by atoms with van der Waals surface area (Å²) in [5.41, 5.74) is 3.33. The van der Waals surface area contributed by atoms with Gasteiger partial charge >= 0.3 is 0 Å². The van der Waals surface area contributed by atoms with E-state index in [1.807, 2.05) is 41.3 Å². The molecule has 1 amide bonds. The van der Waals surface area contributed by atoms with Crippen LogP contribution in [0.2, 0.25) is 5.02 Å². The number of rotatable bonds is 5. The van der Waals surface area contributed by atoms with Gasteiger partial charge in [0.15, 0.2) is 0 Å². The zero-order valence-electron chi connectivity index (χ0n) is 16.3. The predicted molar refractivity (Wildman–Crippen MR) is 115 cm³/mol. The molecule has 3 atom stereocenters. The molecule has 1 N–H and O–H groups in total. The van der Waals surface area contributed by atoms with Crippen molar-refractivity contribution in [2.75, 3.05) is 19.3 Å². The molecule has 5 nitrogen and oxygen atoms in total. The molecule has 2 fully saturated rings. The highest BCUT2D eigenvalue weighted by atomic mass is 35.5. The first-order valence-electron chi connectivity index (χ1n) is 9.93. The quantitative estimate of drug-likeness (QED) is 0.784. The lowest BCUT2D eigenvalue weighted by molar-refractivity contribution is -0.133. The second-order valence-corrected chi connectivity index (χ2v) is 10.3. The number of benzene rings is 2. The lowest BCUT2D eigenvalue weighted by Gasteiger charge is -2.33. The molecule has 1 saturated heterocycles. The van der Waals surface area contributed by atoms with E-state index in [4.69, 9.17) is 11.6 Å². The van der Waals surface area contributed by atoms with Crippen LogP contribution in [-0.4, -0.2) is 44.6 Å². The van der Waals surface area contributed by atoms with Crippen LogP contribution in [0.1, 0.15) is 30.7 Å². The van der Waals surface area contributed by atoms with Crippen LogP contribution in [0.25, 0.3) is 11.1 Å². The Morgan fingerprint density at radius 2 is 1.93 bits per heavy atom. The molecular weight excluding hydrogens is 408 g/mol. The number of likely N-dealkylation sites (tertiary alicyclic amines) is 1. The fourth-order valence-corrected chi connectivity index (χ4v) is 5.31. The minimum Gasteiger partial charge on any atom is -0.341 e. The molecule has 0 spiro atoms. The molecule has 1 aliphatic carbocycles. The number of nitrogens with zero attached hydrogens (tertiary/aromatic N) is 1. The Morgan fingerprint density at radius 1 is 1.17 bits per heavy atom. The van der Waals surface area contributed by atoms with Crippen LogP contribution in [0.4, 0.5) is 0 Å². The molecular formula is C22H25ClN2O3S. The van der Waals surface area contributed by atoms with Crippen molar-refractivity contribution in [2.45, 2.75) is 31.2 Å². The van der Waals surface area contributed by atoms with Gasteiger partial charge in [-0.3, -0.25) is 4.79 Å². The van der Waals surface area contributed by atoms with Crippen molar-refractivity contribution in [3.63, 3.8) is 0 Å². The van der Waals surface area contributed by atoms with Gasteiger partial charge in [0.25, 0.3) is 0 Å². The van der Waals surface area contributed by atoms with E-state index in [9.17, 15) is 13.2 Å². The summed E-state index contributed by atoms with van der Waals surface area (Å²) in [6, 6.07) is 15.8. The van der Waals surface area contributed by atoms with Gasteiger partial charge in [0, 0.05) is 30.1 Å². The van der Waals surface area contributed by atoms with Gasteiger partial charge in [0.2, 0.25) is 15.9 Å². The van der Waals surface area contributed by atoms with Crippen molar-refractivity contribution >= 4 is 27.5 Å². The highest BCUT2D eigenvalue weighted by Crippen LogP contribution is 2.51. The summed E-state index contributed by atoms with van der Waals surface area (Å²) in [7, 11) is -3.27. The summed E-state index contributed by atoms with van der Waals surface area (Å²) in [5, 5.41) is 0.682. The third-order valence-corrected chi connectivity index (χ3v) is 6.72. The molecule has 1 saturated carbocycles. The maximum absolute atomic E-state index is 13.1. The van der Waals surface area contributed by atoms with Crippen molar-refractivity contribution in [1.82, 2.24) is 9.62 Å². The lowest BCUT2D eigenvalue weighted by atomic mass is 9.95. The third kappa shape index (κ3) is 4.82. The second kappa shape index (κ2) is 8.09. The predicted octanol–water partition coefficient (Wildman–Crippen LogP) is 3.65. The van der Waals surface area contributed by atoms with E-state index in [1.54, 1.807) is 0 Å². The highest BCUT2D eigenvalue weighted by Gasteiger charge is 2.47. The second-order valence-electron chi connectivity index (χ2n) is 8.06. The van der Waals surface area contributed by atoms with Gasteiger partial charge in [-0.05, 0) is 54.0 Å². The van der Waals surface area contributed by atoms with Gasteiger partial charge in [0.05, 0.1) is 6.26 Å². The number of hydrogen-bond donors (Lipinski definition) is 1. The molecule has 0 bridgehead atoms. The molecule has 1 aliphatic heterocycles. The van der Waals surface area contributed by atoms with Gasteiger partial charge in [-0.25, -0.2) is 13.1 Å². The van der Waals surface area contributed by atoms with E-state index in [0.717, 1.165) is 42.2 Å². The number of carbonyl (C=O) groups is 1. The Morgan fingerprint density at radius 3 is 2.66 bits per heavy atom. The van der Waals surface area contributed by atoms with Crippen molar-refractivity contribution in [2.24, 2.45) is 5.92 Å². The number of piperidine rings is 1. The Hall–Kier alpha value is -1.89. The van der Waals surface area contributed by atoms with E-state index in [1.165, 1.54) is 0 Å². The molecule has 4 rings (SSSR count). The molecule has 7 heteroatoms. The number of carbonyl (C=O) groups excluding carboxylic acids is 1. The smallest absolute Gasteiger partial charge is 0.226 e. The summed E-state index contributed by atoms with van der Waals surface area (Å²) in [6.45, 7) is 1.14. The number of sulfonamides is 1. The molecule has 0 unspecified atom stereocenters. The average Bonchev–Trinajstić information content (AvgIpc) is 3.47. The zero-order valence-corrected chi connectivity index (χ0v) is 17.9. The fourth-order valence-electron chi connectivity index (χ4n) is 4.34. The standard InChI is InChI=1S/C22H25ClN2O3S/c1-29(27,28)24-17-8-5-11-25(14-17)22(26)21-13-20(21)18-10-9-16(23)12-19(18)15-6-3-2-4-7-15/h2-4,6-7,9-10,12,17,20-21,24H,5,8,11,13-14H2,1H3/t17-,20-,21+/m0/s1. The van der Waals surface area contributed by atoms with Crippen molar-refractivity contribution in [3.8, 4) is 11.1 Å². The van der Waals surface area contributed by atoms with E-state index >= 15 is 0 Å². The molecule has 154 valence electrons. The maximum Gasteiger partial charge on any atom is 0.226 e. The first kappa shape index (κ1) is 20.4. The molecule has 2 aliphatic rings. The first-order chi connectivity index (χ1) is 13.8. The Bertz CT molecular complexity index is 1010. The summed E-state index contributed by atoms with van der Waals surface area (Å²) in [5.74, 6) is 0.262. The van der Waals surface area contributed by atoms with Gasteiger partial charge in [-0.2, -0.15) is 0 Å². The monoisotopic (exact) mass is 432 g/mol. The summed E-state index contributed by atoms with van der Waals surface area (Å²) in [4.78, 5) is 14.9. The van der Waals surface area contributed by atoms with Gasteiger partial charge in [-0.15, -0.1) is 0 Å². The number of hydrogen-bond acceptors (Lipinski definition) is 3. The van der Waals surface area contributed by atoms with Crippen LogP contribution in [-0.2, 0) is 14.8 Å². The minimum atomic E-state index is -3.27. The topological polar surface area (TPSA) is 66.5 Å². The van der Waals surface area contributed by atoms with Crippen LogP contribution in [0.15, 0.2) is 48.5 Å². The van der Waals surface area contributed by atoms with E-state index in [-0.39, 0.29) is 23.8 Å². The normalized spacial score (nSPS) is 24.3. The Labute approximate surface area is 177 Å². The Kier molecular flexibility index (Phi) is 5.69. The zero-order chi connectivity index (χ0) is 20.6. The first-order valence-corrected chi connectivity index (χ1v) is 12.2. The molecule has 2 aromatic carbocycles. The van der Waals surface area contributed by atoms with Gasteiger partial charge in [0.1, 0.15) is 0 Å². The largest absolute Gasteiger partial charge is 0.341 e. The van der Waals surface area contributed by atoms with E-state index in [2.05, 4.69) is 16.9 Å². The van der Waals surface area contributed by atoms with Crippen LogP contribution < -0.4 is 4.72 Å². The van der Waals surface area contributed by atoms with Gasteiger partial charge < -0.3 is 4.90 Å². The molecule has 29 heavy (non-hydrogen) atoms. The fraction of sp³-hybridized carbons (Fsp3) is 0.409. The molecule has 1 heterocycles. The molecule has 2 aromatic rings. The average molecular weight is 433 g/mol. The summed E-state index contributed by atoms with van der Waals surface area (Å²) >= 11 is 6.25. The van der Waals surface area contributed by atoms with Crippen LogP contribution in [0.3, 0.4) is 0 Å². The number of amides is 1. The molecule has 0 aromatic heterocycles. The van der Waals surface area contributed by atoms with Crippen molar-refractivity contribution in [1.29, 1.82) is 0 Å².